The molecule has 2 aromatic carbocycles. The first-order valence-electron chi connectivity index (χ1n) is 7.56. The largest absolute Gasteiger partial charge is 0.434 e. The lowest BCUT2D eigenvalue weighted by atomic mass is 10.1. The molecule has 0 aromatic heterocycles. The Morgan fingerprint density at radius 1 is 1.04 bits per heavy atom. The summed E-state index contributed by atoms with van der Waals surface area (Å²) < 4.78 is 29.1. The van der Waals surface area contributed by atoms with Gasteiger partial charge in [0.1, 0.15) is 5.75 Å². The quantitative estimate of drug-likeness (QED) is 0.842. The molecule has 7 heteroatoms. The number of hydrogen-bond acceptors (Lipinski definition) is 3. The zero-order valence-electron chi connectivity index (χ0n) is 13.8. The van der Waals surface area contributed by atoms with Crippen LogP contribution in [0.5, 0.6) is 5.75 Å². The van der Waals surface area contributed by atoms with E-state index >= 15 is 0 Å². The Morgan fingerprint density at radius 2 is 1.68 bits per heavy atom. The molecule has 0 unspecified atom stereocenters. The molecule has 0 saturated carbocycles. The number of carbonyl (C=O) groups excluding carboxylic acids is 2. The van der Waals surface area contributed by atoms with E-state index in [1.54, 1.807) is 0 Å². The molecular weight excluding hydrogens is 330 g/mol. The van der Waals surface area contributed by atoms with Crippen molar-refractivity contribution in [3.05, 3.63) is 59.2 Å². The molecule has 2 N–H and O–H groups in total. The molecule has 0 saturated heterocycles. The van der Waals surface area contributed by atoms with Crippen molar-refractivity contribution in [1.29, 1.82) is 0 Å². The molecule has 2 aromatic rings. The minimum Gasteiger partial charge on any atom is -0.434 e. The molecule has 0 bridgehead atoms. The van der Waals surface area contributed by atoms with Crippen LogP contribution in [-0.4, -0.2) is 25.0 Å². The van der Waals surface area contributed by atoms with E-state index in [1.165, 1.54) is 24.3 Å². The lowest BCUT2D eigenvalue weighted by Gasteiger charge is -2.13. The van der Waals surface area contributed by atoms with Crippen LogP contribution in [0.1, 0.15) is 21.5 Å². The number of para-hydroxylation sites is 2. The number of anilines is 1. The van der Waals surface area contributed by atoms with Gasteiger partial charge >= 0.3 is 6.61 Å². The zero-order valence-corrected chi connectivity index (χ0v) is 13.8. The van der Waals surface area contributed by atoms with E-state index < -0.39 is 18.4 Å². The smallest absolute Gasteiger partial charge is 0.387 e. The van der Waals surface area contributed by atoms with Gasteiger partial charge in [-0.3, -0.25) is 9.59 Å². The van der Waals surface area contributed by atoms with Crippen molar-refractivity contribution in [2.24, 2.45) is 0 Å². The third-order valence-electron chi connectivity index (χ3n) is 3.50. The second-order valence-corrected chi connectivity index (χ2v) is 5.37. The number of amides is 2. The van der Waals surface area contributed by atoms with Crippen molar-refractivity contribution in [2.75, 3.05) is 11.9 Å². The van der Waals surface area contributed by atoms with Gasteiger partial charge in [0.05, 0.1) is 12.1 Å². The third kappa shape index (κ3) is 5.00. The van der Waals surface area contributed by atoms with Gasteiger partial charge in [0.15, 0.2) is 0 Å². The van der Waals surface area contributed by atoms with Crippen molar-refractivity contribution >= 4 is 17.5 Å². The van der Waals surface area contributed by atoms with Gasteiger partial charge in [-0.25, -0.2) is 0 Å². The van der Waals surface area contributed by atoms with Crippen LogP contribution in [0.4, 0.5) is 14.5 Å². The average molecular weight is 348 g/mol. The minimum atomic E-state index is -3.04. The van der Waals surface area contributed by atoms with Crippen LogP contribution in [0.3, 0.4) is 0 Å². The second-order valence-electron chi connectivity index (χ2n) is 5.37. The maximum atomic E-state index is 12.4. The van der Waals surface area contributed by atoms with E-state index in [4.69, 9.17) is 0 Å². The monoisotopic (exact) mass is 348 g/mol. The number of ether oxygens (including phenoxy) is 1. The number of carbonyl (C=O) groups is 2. The van der Waals surface area contributed by atoms with E-state index in [9.17, 15) is 18.4 Å². The number of nitrogens with one attached hydrogen (secondary N) is 2. The van der Waals surface area contributed by atoms with Gasteiger partial charge in [-0.05, 0) is 37.1 Å². The molecule has 0 aliphatic rings. The molecule has 2 rings (SSSR count). The summed E-state index contributed by atoms with van der Waals surface area (Å²) in [5, 5.41) is 5.12. The Labute approximate surface area is 144 Å². The number of aryl methyl sites for hydroxylation is 2. The van der Waals surface area contributed by atoms with Gasteiger partial charge in [-0.1, -0.05) is 30.3 Å². The van der Waals surface area contributed by atoms with Crippen LogP contribution in [-0.2, 0) is 4.79 Å². The lowest BCUT2D eigenvalue weighted by molar-refractivity contribution is -0.115. The SMILES string of the molecule is Cc1cccc(C)c1NC(=O)CNC(=O)c1ccccc1OC(F)F. The molecule has 0 radical (unpaired) electrons. The third-order valence-corrected chi connectivity index (χ3v) is 3.50. The molecule has 132 valence electrons. The van der Waals surface area contributed by atoms with E-state index in [0.29, 0.717) is 5.69 Å². The predicted molar refractivity (Wildman–Crippen MR) is 90.0 cm³/mol. The van der Waals surface area contributed by atoms with Gasteiger partial charge < -0.3 is 15.4 Å². The summed E-state index contributed by atoms with van der Waals surface area (Å²) >= 11 is 0. The first-order chi connectivity index (χ1) is 11.9. The molecule has 0 atom stereocenters. The minimum absolute atomic E-state index is 0.0670. The molecule has 25 heavy (non-hydrogen) atoms. The number of alkyl halides is 2. The predicted octanol–water partition coefficient (Wildman–Crippen LogP) is 3.27. The van der Waals surface area contributed by atoms with Crippen molar-refractivity contribution in [3.63, 3.8) is 0 Å². The summed E-state index contributed by atoms with van der Waals surface area (Å²) in [5.41, 5.74) is 2.41. The maximum absolute atomic E-state index is 12.4. The molecule has 0 fully saturated rings. The van der Waals surface area contributed by atoms with Crippen LogP contribution >= 0.6 is 0 Å². The highest BCUT2D eigenvalue weighted by atomic mass is 19.3. The maximum Gasteiger partial charge on any atom is 0.387 e. The highest BCUT2D eigenvalue weighted by molar-refractivity contribution is 6.01. The Hall–Kier alpha value is -2.96. The number of benzene rings is 2. The molecule has 0 heterocycles. The summed E-state index contributed by atoms with van der Waals surface area (Å²) in [5.74, 6) is -1.34. The highest BCUT2D eigenvalue weighted by Crippen LogP contribution is 2.20. The Bertz CT molecular complexity index is 758. The first kappa shape index (κ1) is 18.4. The lowest BCUT2D eigenvalue weighted by Crippen LogP contribution is -2.33. The second kappa shape index (κ2) is 8.23. The van der Waals surface area contributed by atoms with Crippen molar-refractivity contribution in [2.45, 2.75) is 20.5 Å². The average Bonchev–Trinajstić information content (AvgIpc) is 2.56. The van der Waals surface area contributed by atoms with Gasteiger partial charge in [0.2, 0.25) is 5.91 Å². The highest BCUT2D eigenvalue weighted by Gasteiger charge is 2.16. The van der Waals surface area contributed by atoms with E-state index in [2.05, 4.69) is 15.4 Å². The van der Waals surface area contributed by atoms with Gasteiger partial charge in [0, 0.05) is 5.69 Å². The first-order valence-corrected chi connectivity index (χ1v) is 7.56. The summed E-state index contributed by atoms with van der Waals surface area (Å²) in [4.78, 5) is 24.2. The number of hydrogen-bond donors (Lipinski definition) is 2. The van der Waals surface area contributed by atoms with Gasteiger partial charge in [-0.2, -0.15) is 8.78 Å². The molecule has 0 spiro atoms. The molecule has 0 aliphatic heterocycles. The summed E-state index contributed by atoms with van der Waals surface area (Å²) in [6.07, 6.45) is 0. The standard InChI is InChI=1S/C18H18F2N2O3/c1-11-6-5-7-12(2)16(11)22-15(23)10-21-17(24)13-8-3-4-9-14(13)25-18(19)20/h3-9,18H,10H2,1-2H3,(H,21,24)(H,22,23). The number of halogens is 2. The fourth-order valence-electron chi connectivity index (χ4n) is 2.30. The summed E-state index contributed by atoms with van der Waals surface area (Å²) in [6.45, 7) is 0.384. The molecule has 5 nitrogen and oxygen atoms in total. The van der Waals surface area contributed by atoms with Crippen molar-refractivity contribution < 1.29 is 23.1 Å². The molecular formula is C18H18F2N2O3. The van der Waals surface area contributed by atoms with E-state index in [1.807, 2.05) is 32.0 Å². The van der Waals surface area contributed by atoms with Crippen LogP contribution in [0.2, 0.25) is 0 Å². The van der Waals surface area contributed by atoms with Crippen molar-refractivity contribution in [3.8, 4) is 5.75 Å². The van der Waals surface area contributed by atoms with Gasteiger partial charge in [-0.15, -0.1) is 0 Å². The van der Waals surface area contributed by atoms with Crippen LogP contribution in [0.15, 0.2) is 42.5 Å². The topological polar surface area (TPSA) is 67.4 Å². The Morgan fingerprint density at radius 3 is 2.32 bits per heavy atom. The molecule has 0 aliphatic carbocycles. The summed E-state index contributed by atoms with van der Waals surface area (Å²) in [6, 6.07) is 11.2. The van der Waals surface area contributed by atoms with Crippen LogP contribution in [0.25, 0.3) is 0 Å². The Kier molecular flexibility index (Phi) is 6.05. The molecule has 2 amide bonds. The summed E-state index contributed by atoms with van der Waals surface area (Å²) in [7, 11) is 0. The normalized spacial score (nSPS) is 10.4. The fourth-order valence-corrected chi connectivity index (χ4v) is 2.30. The zero-order chi connectivity index (χ0) is 18.4. The van der Waals surface area contributed by atoms with Crippen LogP contribution < -0.4 is 15.4 Å². The van der Waals surface area contributed by atoms with E-state index in [0.717, 1.165) is 11.1 Å². The van der Waals surface area contributed by atoms with Gasteiger partial charge in [0.25, 0.3) is 5.91 Å². The van der Waals surface area contributed by atoms with E-state index in [-0.39, 0.29) is 17.9 Å². The number of rotatable bonds is 6. The fraction of sp³-hybridized carbons (Fsp3) is 0.222. The Balaban J connectivity index is 1.99. The van der Waals surface area contributed by atoms with Crippen molar-refractivity contribution in [1.82, 2.24) is 5.32 Å². The van der Waals surface area contributed by atoms with Crippen LogP contribution in [0, 0.1) is 13.8 Å².